The maximum Gasteiger partial charge on any atom is 0.126 e. The first-order valence-corrected chi connectivity index (χ1v) is 10.1. The van der Waals surface area contributed by atoms with Crippen molar-refractivity contribution in [2.75, 3.05) is 33.6 Å². The number of halogens is 1. The molecular formula is C21H26ClNO2S. The number of hydrogen-bond acceptors (Lipinski definition) is 4. The van der Waals surface area contributed by atoms with Crippen LogP contribution in [0, 0.1) is 0 Å². The van der Waals surface area contributed by atoms with E-state index >= 15 is 0 Å². The van der Waals surface area contributed by atoms with E-state index in [9.17, 15) is 0 Å². The minimum Gasteiger partial charge on any atom is -0.497 e. The number of benzene rings is 2. The molecule has 0 aliphatic carbocycles. The van der Waals surface area contributed by atoms with Gasteiger partial charge in [-0.15, -0.1) is 24.2 Å². The number of rotatable bonds is 4. The van der Waals surface area contributed by atoms with Gasteiger partial charge in [-0.05, 0) is 55.0 Å². The molecule has 2 aromatic carbocycles. The molecule has 2 aromatic rings. The molecule has 4 rings (SSSR count). The normalized spacial score (nSPS) is 21.5. The summed E-state index contributed by atoms with van der Waals surface area (Å²) in [6, 6.07) is 13.8. The lowest BCUT2D eigenvalue weighted by atomic mass is 9.81. The summed E-state index contributed by atoms with van der Waals surface area (Å²) >= 11 is 1.79. The summed E-state index contributed by atoms with van der Waals surface area (Å²) in [5.74, 6) is 2.20. The molecule has 0 aromatic heterocycles. The van der Waals surface area contributed by atoms with E-state index in [-0.39, 0.29) is 12.4 Å². The van der Waals surface area contributed by atoms with Gasteiger partial charge in [0.15, 0.2) is 0 Å². The van der Waals surface area contributed by atoms with Crippen molar-refractivity contribution in [3.8, 4) is 11.5 Å². The Morgan fingerprint density at radius 1 is 1.08 bits per heavy atom. The molecule has 26 heavy (non-hydrogen) atoms. The third-order valence-corrected chi connectivity index (χ3v) is 6.35. The van der Waals surface area contributed by atoms with Crippen LogP contribution in [-0.2, 0) is 0 Å². The molecule has 1 fully saturated rings. The molecule has 0 spiro atoms. The Morgan fingerprint density at radius 3 is 2.50 bits per heavy atom. The number of thioether (sulfide) groups is 1. The number of ether oxygens (including phenoxy) is 2. The largest absolute Gasteiger partial charge is 0.497 e. The summed E-state index contributed by atoms with van der Waals surface area (Å²) in [5, 5.41) is 0. The van der Waals surface area contributed by atoms with Gasteiger partial charge in [0, 0.05) is 35.0 Å². The van der Waals surface area contributed by atoms with Gasteiger partial charge in [0.05, 0.1) is 14.2 Å². The Kier molecular flexibility index (Phi) is 6.06. The molecule has 140 valence electrons. The topological polar surface area (TPSA) is 21.7 Å². The molecule has 0 radical (unpaired) electrons. The van der Waals surface area contributed by atoms with Crippen LogP contribution >= 0.6 is 24.2 Å². The fourth-order valence-electron chi connectivity index (χ4n) is 4.39. The van der Waals surface area contributed by atoms with Gasteiger partial charge >= 0.3 is 0 Å². The zero-order chi connectivity index (χ0) is 17.4. The highest BCUT2D eigenvalue weighted by molar-refractivity contribution is 7.98. The summed E-state index contributed by atoms with van der Waals surface area (Å²) in [4.78, 5) is 3.94. The standard InChI is InChI=1S/C21H25NO2S.ClH/c1-23-15-11-17-19-5-4-10-22(19)13-18(21(17)20(12-15)24-2)14-6-8-16(25-3)9-7-14;/h6-9,11-12,18-19H,4-5,10,13H2,1-3H3;1H. The average Bonchev–Trinajstić information content (AvgIpc) is 3.15. The summed E-state index contributed by atoms with van der Waals surface area (Å²) in [5.41, 5.74) is 4.11. The molecule has 2 atom stereocenters. The molecule has 2 aliphatic heterocycles. The molecule has 2 unspecified atom stereocenters. The van der Waals surface area contributed by atoms with Gasteiger partial charge in [0.2, 0.25) is 0 Å². The molecule has 0 amide bonds. The number of fused-ring (bicyclic) bond motifs is 3. The lowest BCUT2D eigenvalue weighted by Gasteiger charge is -2.38. The minimum absolute atomic E-state index is 0. The number of nitrogens with zero attached hydrogens (tertiary/aromatic N) is 1. The van der Waals surface area contributed by atoms with E-state index in [1.54, 1.807) is 26.0 Å². The van der Waals surface area contributed by atoms with Crippen LogP contribution in [0.4, 0.5) is 0 Å². The lowest BCUT2D eigenvalue weighted by Crippen LogP contribution is -2.34. The monoisotopic (exact) mass is 391 g/mol. The van der Waals surface area contributed by atoms with Crippen LogP contribution in [0.1, 0.15) is 41.5 Å². The maximum absolute atomic E-state index is 5.80. The Morgan fingerprint density at radius 2 is 1.85 bits per heavy atom. The minimum atomic E-state index is 0. The van der Waals surface area contributed by atoms with Gasteiger partial charge in [0.1, 0.15) is 11.5 Å². The quantitative estimate of drug-likeness (QED) is 0.673. The average molecular weight is 392 g/mol. The highest BCUT2D eigenvalue weighted by atomic mass is 35.5. The highest BCUT2D eigenvalue weighted by Crippen LogP contribution is 2.49. The summed E-state index contributed by atoms with van der Waals surface area (Å²) in [7, 11) is 3.50. The van der Waals surface area contributed by atoms with Crippen molar-refractivity contribution in [1.29, 1.82) is 0 Å². The van der Waals surface area contributed by atoms with E-state index < -0.39 is 0 Å². The summed E-state index contributed by atoms with van der Waals surface area (Å²) in [6.45, 7) is 2.25. The Hall–Kier alpha value is -1.36. The number of methoxy groups -OCH3 is 2. The maximum atomic E-state index is 5.80. The van der Waals surface area contributed by atoms with Crippen molar-refractivity contribution >= 4 is 24.2 Å². The van der Waals surface area contributed by atoms with Gasteiger partial charge in [-0.25, -0.2) is 0 Å². The third-order valence-electron chi connectivity index (χ3n) is 5.61. The van der Waals surface area contributed by atoms with Crippen molar-refractivity contribution in [3.05, 3.63) is 53.1 Å². The zero-order valence-corrected chi connectivity index (χ0v) is 17.2. The Labute approximate surface area is 166 Å². The molecule has 0 saturated carbocycles. The van der Waals surface area contributed by atoms with Crippen LogP contribution in [0.25, 0.3) is 0 Å². The smallest absolute Gasteiger partial charge is 0.126 e. The number of hydrogen-bond donors (Lipinski definition) is 0. The van der Waals surface area contributed by atoms with Crippen molar-refractivity contribution in [2.24, 2.45) is 0 Å². The van der Waals surface area contributed by atoms with E-state index in [4.69, 9.17) is 9.47 Å². The van der Waals surface area contributed by atoms with Gasteiger partial charge in [0.25, 0.3) is 0 Å². The SMILES string of the molecule is COc1cc(OC)c2c(c1)C1CCCN1CC2c1ccc(SC)cc1.Cl. The first-order valence-electron chi connectivity index (χ1n) is 8.89. The lowest BCUT2D eigenvalue weighted by molar-refractivity contribution is 0.226. The van der Waals surface area contributed by atoms with Crippen molar-refractivity contribution in [1.82, 2.24) is 4.90 Å². The predicted molar refractivity (Wildman–Crippen MR) is 110 cm³/mol. The van der Waals surface area contributed by atoms with E-state index in [1.165, 1.54) is 41.0 Å². The highest BCUT2D eigenvalue weighted by Gasteiger charge is 2.38. The van der Waals surface area contributed by atoms with E-state index in [0.29, 0.717) is 12.0 Å². The van der Waals surface area contributed by atoms with Crippen molar-refractivity contribution in [2.45, 2.75) is 29.7 Å². The predicted octanol–water partition coefficient (Wildman–Crippen LogP) is 5.13. The molecule has 5 heteroatoms. The Bertz CT molecular complexity index is 765. The van der Waals surface area contributed by atoms with Gasteiger partial charge in [-0.1, -0.05) is 12.1 Å². The first kappa shape index (κ1) is 19.4. The fourth-order valence-corrected chi connectivity index (χ4v) is 4.80. The van der Waals surface area contributed by atoms with Crippen LogP contribution in [0.3, 0.4) is 0 Å². The third kappa shape index (κ3) is 3.30. The van der Waals surface area contributed by atoms with Crippen LogP contribution in [-0.4, -0.2) is 38.5 Å². The second-order valence-corrected chi connectivity index (χ2v) is 7.69. The molecular weight excluding hydrogens is 366 g/mol. The summed E-state index contributed by atoms with van der Waals surface area (Å²) < 4.78 is 11.3. The summed E-state index contributed by atoms with van der Waals surface area (Å²) in [6.07, 6.45) is 4.61. The van der Waals surface area contributed by atoms with Gasteiger partial charge in [-0.3, -0.25) is 4.90 Å². The van der Waals surface area contributed by atoms with Crippen molar-refractivity contribution in [3.63, 3.8) is 0 Å². The first-order chi connectivity index (χ1) is 12.2. The van der Waals surface area contributed by atoms with Crippen LogP contribution in [0.2, 0.25) is 0 Å². The second-order valence-electron chi connectivity index (χ2n) is 6.81. The van der Waals surface area contributed by atoms with E-state index in [2.05, 4.69) is 41.5 Å². The zero-order valence-electron chi connectivity index (χ0n) is 15.5. The van der Waals surface area contributed by atoms with E-state index in [0.717, 1.165) is 18.0 Å². The molecule has 3 nitrogen and oxygen atoms in total. The van der Waals surface area contributed by atoms with Gasteiger partial charge in [-0.2, -0.15) is 0 Å². The van der Waals surface area contributed by atoms with Crippen molar-refractivity contribution < 1.29 is 9.47 Å². The van der Waals surface area contributed by atoms with Gasteiger partial charge < -0.3 is 9.47 Å². The molecule has 1 saturated heterocycles. The van der Waals surface area contributed by atoms with Crippen LogP contribution in [0.15, 0.2) is 41.3 Å². The van der Waals surface area contributed by atoms with Crippen LogP contribution < -0.4 is 9.47 Å². The van der Waals surface area contributed by atoms with E-state index in [1.807, 2.05) is 6.07 Å². The van der Waals surface area contributed by atoms with Crippen LogP contribution in [0.5, 0.6) is 11.5 Å². The Balaban J connectivity index is 0.00000196. The molecule has 0 N–H and O–H groups in total. The molecule has 2 aliphatic rings. The fraction of sp³-hybridized carbons (Fsp3) is 0.429. The molecule has 0 bridgehead atoms. The second kappa shape index (κ2) is 8.12. The molecule has 2 heterocycles.